The van der Waals surface area contributed by atoms with Gasteiger partial charge < -0.3 is 5.73 Å². The van der Waals surface area contributed by atoms with Crippen LogP contribution in [0.2, 0.25) is 0 Å². The SMILES string of the molecule is CCN(C(C)C)S(=O)(=O)c1ccc(Br)c(N)c1. The lowest BCUT2D eigenvalue weighted by atomic mass is 10.3. The molecule has 1 aromatic rings. The first kappa shape index (κ1) is 14.5. The van der Waals surface area contributed by atoms with Crippen molar-refractivity contribution in [3.8, 4) is 0 Å². The summed E-state index contributed by atoms with van der Waals surface area (Å²) in [6.45, 7) is 5.96. The van der Waals surface area contributed by atoms with Crippen LogP contribution in [0, 0.1) is 0 Å². The van der Waals surface area contributed by atoms with Gasteiger partial charge in [0.1, 0.15) is 0 Å². The van der Waals surface area contributed by atoms with Crippen molar-refractivity contribution in [1.82, 2.24) is 4.31 Å². The lowest BCUT2D eigenvalue weighted by molar-refractivity contribution is 0.369. The monoisotopic (exact) mass is 320 g/mol. The summed E-state index contributed by atoms with van der Waals surface area (Å²) in [6.07, 6.45) is 0. The maximum absolute atomic E-state index is 12.3. The topological polar surface area (TPSA) is 63.4 Å². The van der Waals surface area contributed by atoms with Gasteiger partial charge in [0.05, 0.1) is 4.90 Å². The van der Waals surface area contributed by atoms with E-state index < -0.39 is 10.0 Å². The summed E-state index contributed by atoms with van der Waals surface area (Å²) >= 11 is 3.25. The molecule has 0 aliphatic carbocycles. The van der Waals surface area contributed by atoms with E-state index in [1.165, 1.54) is 10.4 Å². The summed E-state index contributed by atoms with van der Waals surface area (Å²) in [4.78, 5) is 0.230. The Hall–Kier alpha value is -0.590. The molecule has 0 radical (unpaired) electrons. The summed E-state index contributed by atoms with van der Waals surface area (Å²) in [5, 5.41) is 0. The molecule has 0 bridgehead atoms. The smallest absolute Gasteiger partial charge is 0.243 e. The molecule has 1 rings (SSSR count). The second kappa shape index (κ2) is 5.37. The average Bonchev–Trinajstić information content (AvgIpc) is 2.21. The molecule has 4 nitrogen and oxygen atoms in total. The fraction of sp³-hybridized carbons (Fsp3) is 0.455. The molecule has 0 aliphatic rings. The van der Waals surface area contributed by atoms with Crippen molar-refractivity contribution in [3.63, 3.8) is 0 Å². The van der Waals surface area contributed by atoms with E-state index in [0.29, 0.717) is 16.7 Å². The minimum Gasteiger partial charge on any atom is -0.398 e. The maximum atomic E-state index is 12.3. The molecule has 0 spiro atoms. The highest BCUT2D eigenvalue weighted by Gasteiger charge is 2.25. The first-order valence-electron chi connectivity index (χ1n) is 5.37. The number of hydrogen-bond donors (Lipinski definition) is 1. The predicted octanol–water partition coefficient (Wildman–Crippen LogP) is 2.45. The number of halogens is 1. The molecule has 0 heterocycles. The van der Waals surface area contributed by atoms with Crippen molar-refractivity contribution in [2.24, 2.45) is 0 Å². The number of nitrogens with zero attached hydrogens (tertiary/aromatic N) is 1. The third-order valence-corrected chi connectivity index (χ3v) is 5.33. The Balaban J connectivity index is 3.25. The van der Waals surface area contributed by atoms with Gasteiger partial charge in [-0.1, -0.05) is 6.92 Å². The third-order valence-electron chi connectivity index (χ3n) is 2.46. The van der Waals surface area contributed by atoms with Crippen LogP contribution in [0.4, 0.5) is 5.69 Å². The summed E-state index contributed by atoms with van der Waals surface area (Å²) in [5.41, 5.74) is 6.13. The normalized spacial score (nSPS) is 12.4. The Kier molecular flexibility index (Phi) is 4.57. The Labute approximate surface area is 111 Å². The Morgan fingerprint density at radius 3 is 2.41 bits per heavy atom. The Morgan fingerprint density at radius 2 is 2.00 bits per heavy atom. The number of nitrogen functional groups attached to an aromatic ring is 1. The molecule has 6 heteroatoms. The molecule has 0 aromatic heterocycles. The lowest BCUT2D eigenvalue weighted by Gasteiger charge is -2.24. The van der Waals surface area contributed by atoms with E-state index in [4.69, 9.17) is 5.73 Å². The van der Waals surface area contributed by atoms with Gasteiger partial charge in [-0.25, -0.2) is 8.42 Å². The van der Waals surface area contributed by atoms with Crippen LogP contribution in [0.25, 0.3) is 0 Å². The van der Waals surface area contributed by atoms with Crippen LogP contribution in [0.15, 0.2) is 27.6 Å². The first-order chi connectivity index (χ1) is 7.80. The van der Waals surface area contributed by atoms with Crippen molar-refractivity contribution < 1.29 is 8.42 Å². The van der Waals surface area contributed by atoms with Crippen LogP contribution < -0.4 is 5.73 Å². The van der Waals surface area contributed by atoms with Crippen molar-refractivity contribution in [2.75, 3.05) is 12.3 Å². The molecule has 0 saturated heterocycles. The van der Waals surface area contributed by atoms with E-state index in [2.05, 4.69) is 15.9 Å². The zero-order valence-corrected chi connectivity index (χ0v) is 12.5. The average molecular weight is 321 g/mol. The van der Waals surface area contributed by atoms with Gasteiger partial charge in [0.25, 0.3) is 0 Å². The fourth-order valence-corrected chi connectivity index (χ4v) is 3.56. The van der Waals surface area contributed by atoms with Gasteiger partial charge in [-0.2, -0.15) is 4.31 Å². The molecule has 1 aromatic carbocycles. The summed E-state index contributed by atoms with van der Waals surface area (Å²) in [6, 6.07) is 4.61. The van der Waals surface area contributed by atoms with E-state index in [1.807, 2.05) is 20.8 Å². The number of nitrogens with two attached hydrogens (primary N) is 1. The van der Waals surface area contributed by atoms with Crippen LogP contribution in [-0.2, 0) is 10.0 Å². The molecule has 17 heavy (non-hydrogen) atoms. The maximum Gasteiger partial charge on any atom is 0.243 e. The summed E-state index contributed by atoms with van der Waals surface area (Å²) < 4.78 is 26.8. The molecule has 2 N–H and O–H groups in total. The molecule has 0 saturated carbocycles. The number of benzene rings is 1. The van der Waals surface area contributed by atoms with Crippen LogP contribution in [0.5, 0.6) is 0 Å². The summed E-state index contributed by atoms with van der Waals surface area (Å²) in [5.74, 6) is 0. The van der Waals surface area contributed by atoms with E-state index in [0.717, 1.165) is 0 Å². The fourth-order valence-electron chi connectivity index (χ4n) is 1.63. The van der Waals surface area contributed by atoms with Gasteiger partial charge in [-0.15, -0.1) is 0 Å². The Bertz CT molecular complexity index is 500. The first-order valence-corrected chi connectivity index (χ1v) is 7.61. The van der Waals surface area contributed by atoms with Gasteiger partial charge in [0.2, 0.25) is 10.0 Å². The van der Waals surface area contributed by atoms with E-state index in [9.17, 15) is 8.42 Å². The zero-order chi connectivity index (χ0) is 13.2. The standard InChI is InChI=1S/C11H17BrN2O2S/c1-4-14(8(2)3)17(15,16)9-5-6-10(12)11(13)7-9/h5-8H,4,13H2,1-3H3. The third kappa shape index (κ3) is 3.00. The highest BCUT2D eigenvalue weighted by molar-refractivity contribution is 9.10. The molecule has 0 amide bonds. The van der Waals surface area contributed by atoms with Crippen LogP contribution >= 0.6 is 15.9 Å². The molecular formula is C11H17BrN2O2S. The van der Waals surface area contributed by atoms with Crippen LogP contribution in [0.3, 0.4) is 0 Å². The van der Waals surface area contributed by atoms with E-state index in [1.54, 1.807) is 12.1 Å². The highest BCUT2D eigenvalue weighted by Crippen LogP contribution is 2.25. The largest absolute Gasteiger partial charge is 0.398 e. The lowest BCUT2D eigenvalue weighted by Crippen LogP contribution is -2.36. The Morgan fingerprint density at radius 1 is 1.41 bits per heavy atom. The van der Waals surface area contributed by atoms with Gasteiger partial charge in [0, 0.05) is 22.7 Å². The van der Waals surface area contributed by atoms with E-state index in [-0.39, 0.29) is 10.9 Å². The quantitative estimate of drug-likeness (QED) is 0.867. The minimum atomic E-state index is -3.46. The molecule has 0 unspecified atom stereocenters. The van der Waals surface area contributed by atoms with Gasteiger partial charge in [0.15, 0.2) is 0 Å². The summed E-state index contributed by atoms with van der Waals surface area (Å²) in [7, 11) is -3.46. The van der Waals surface area contributed by atoms with Crippen molar-refractivity contribution in [3.05, 3.63) is 22.7 Å². The number of anilines is 1. The zero-order valence-electron chi connectivity index (χ0n) is 10.1. The molecule has 0 atom stereocenters. The number of hydrogen-bond acceptors (Lipinski definition) is 3. The molecule has 0 fully saturated rings. The molecule has 96 valence electrons. The van der Waals surface area contributed by atoms with E-state index >= 15 is 0 Å². The van der Waals surface area contributed by atoms with Crippen molar-refractivity contribution >= 4 is 31.6 Å². The minimum absolute atomic E-state index is 0.0742. The second-order valence-electron chi connectivity index (χ2n) is 3.99. The predicted molar refractivity (Wildman–Crippen MR) is 73.3 cm³/mol. The van der Waals surface area contributed by atoms with Crippen molar-refractivity contribution in [1.29, 1.82) is 0 Å². The molecular weight excluding hydrogens is 304 g/mol. The second-order valence-corrected chi connectivity index (χ2v) is 6.73. The van der Waals surface area contributed by atoms with Gasteiger partial charge in [-0.3, -0.25) is 0 Å². The van der Waals surface area contributed by atoms with Crippen LogP contribution in [-0.4, -0.2) is 25.3 Å². The number of sulfonamides is 1. The van der Waals surface area contributed by atoms with Crippen molar-refractivity contribution in [2.45, 2.75) is 31.7 Å². The van der Waals surface area contributed by atoms with Gasteiger partial charge in [-0.05, 0) is 48.0 Å². The molecule has 0 aliphatic heterocycles. The van der Waals surface area contributed by atoms with Crippen LogP contribution in [0.1, 0.15) is 20.8 Å². The van der Waals surface area contributed by atoms with Gasteiger partial charge >= 0.3 is 0 Å². The number of rotatable bonds is 4. The highest BCUT2D eigenvalue weighted by atomic mass is 79.9.